The quantitative estimate of drug-likeness (QED) is 0.720. The van der Waals surface area contributed by atoms with Crippen LogP contribution in [0.4, 0.5) is 0 Å². The van der Waals surface area contributed by atoms with Crippen molar-refractivity contribution in [2.45, 2.75) is 6.92 Å². The summed E-state index contributed by atoms with van der Waals surface area (Å²) in [5.41, 5.74) is 1.09. The molecule has 1 rings (SSSR count). The first kappa shape index (κ1) is 9.30. The van der Waals surface area contributed by atoms with Gasteiger partial charge in [0.1, 0.15) is 5.75 Å². The van der Waals surface area contributed by atoms with E-state index >= 15 is 0 Å². The summed E-state index contributed by atoms with van der Waals surface area (Å²) in [7, 11) is -3.40. The summed E-state index contributed by atoms with van der Waals surface area (Å²) >= 11 is 0. The van der Waals surface area contributed by atoms with E-state index in [0.717, 1.165) is 12.2 Å². The van der Waals surface area contributed by atoms with Crippen molar-refractivity contribution in [3.8, 4) is 5.75 Å². The topological polar surface area (TPSA) is 46.5 Å². The van der Waals surface area contributed by atoms with Crippen LogP contribution in [0.15, 0.2) is 24.3 Å². The summed E-state index contributed by atoms with van der Waals surface area (Å²) in [6, 6.07) is 6.99. The number of aryl methyl sites for hydroxylation is 1. The third kappa shape index (κ3) is 3.07. The first-order valence-electron chi connectivity index (χ1n) is 3.54. The van der Waals surface area contributed by atoms with Crippen LogP contribution in [0.5, 0.6) is 5.75 Å². The van der Waals surface area contributed by atoms with Crippen molar-refractivity contribution < 1.29 is 14.0 Å². The van der Waals surface area contributed by atoms with Crippen molar-refractivity contribution in [1.82, 2.24) is 0 Å². The molecule has 1 atom stereocenters. The molecule has 0 heterocycles. The van der Waals surface area contributed by atoms with Gasteiger partial charge in [0.05, 0.1) is 0 Å². The highest BCUT2D eigenvalue weighted by Gasteiger charge is 2.10. The fourth-order valence-corrected chi connectivity index (χ4v) is 1.31. The van der Waals surface area contributed by atoms with Crippen molar-refractivity contribution in [2.24, 2.45) is 0 Å². The van der Waals surface area contributed by atoms with E-state index in [1.807, 2.05) is 19.1 Å². The van der Waals surface area contributed by atoms with Crippen molar-refractivity contribution in [2.75, 3.05) is 6.66 Å². The fraction of sp³-hybridized carbons (Fsp3) is 0.250. The molecule has 0 bridgehead atoms. The molecule has 0 aliphatic carbocycles. The molecule has 12 heavy (non-hydrogen) atoms. The van der Waals surface area contributed by atoms with Gasteiger partial charge in [0, 0.05) is 6.66 Å². The Bertz CT molecular complexity index is 299. The number of hydrogen-bond donors (Lipinski definition) is 1. The average molecular weight is 186 g/mol. The second-order valence-electron chi connectivity index (χ2n) is 2.71. The monoisotopic (exact) mass is 186 g/mol. The zero-order valence-corrected chi connectivity index (χ0v) is 7.91. The lowest BCUT2D eigenvalue weighted by molar-refractivity contribution is 0.387. The normalized spacial score (nSPS) is 15.2. The van der Waals surface area contributed by atoms with Crippen LogP contribution in [-0.2, 0) is 4.57 Å². The maximum absolute atomic E-state index is 10.8. The smallest absolute Gasteiger partial charge is 0.373 e. The minimum absolute atomic E-state index is 0.425. The molecule has 0 spiro atoms. The molecular formula is C8H11O3P. The summed E-state index contributed by atoms with van der Waals surface area (Å²) in [5.74, 6) is 0.425. The fourth-order valence-electron chi connectivity index (χ4n) is 0.795. The Labute approximate surface area is 71.5 Å². The van der Waals surface area contributed by atoms with Crippen LogP contribution < -0.4 is 4.52 Å². The van der Waals surface area contributed by atoms with E-state index in [4.69, 9.17) is 9.42 Å². The summed E-state index contributed by atoms with van der Waals surface area (Å²) in [6.07, 6.45) is 0. The lowest BCUT2D eigenvalue weighted by Crippen LogP contribution is -1.88. The van der Waals surface area contributed by atoms with E-state index in [2.05, 4.69) is 0 Å². The highest BCUT2D eigenvalue weighted by Crippen LogP contribution is 2.37. The highest BCUT2D eigenvalue weighted by atomic mass is 31.2. The van der Waals surface area contributed by atoms with Crippen LogP contribution in [0.25, 0.3) is 0 Å². The van der Waals surface area contributed by atoms with E-state index in [1.54, 1.807) is 12.1 Å². The standard InChI is InChI=1S/C8H11O3P/c1-7-3-5-8(6-4-7)11-12(2,9)10/h3-6H,1-2H3,(H,9,10). The van der Waals surface area contributed by atoms with E-state index in [1.165, 1.54) is 0 Å². The molecular weight excluding hydrogens is 175 g/mol. The molecule has 1 N–H and O–H groups in total. The largest absolute Gasteiger partial charge is 0.425 e. The summed E-state index contributed by atoms with van der Waals surface area (Å²) < 4.78 is 15.6. The van der Waals surface area contributed by atoms with E-state index < -0.39 is 7.60 Å². The molecule has 0 saturated heterocycles. The number of hydrogen-bond acceptors (Lipinski definition) is 2. The Balaban J connectivity index is 2.78. The lowest BCUT2D eigenvalue weighted by Gasteiger charge is -2.07. The number of benzene rings is 1. The Morgan fingerprint density at radius 1 is 1.33 bits per heavy atom. The summed E-state index contributed by atoms with van der Waals surface area (Å²) in [4.78, 5) is 8.87. The third-order valence-electron chi connectivity index (χ3n) is 1.30. The molecule has 0 saturated carbocycles. The van der Waals surface area contributed by atoms with Gasteiger partial charge in [-0.05, 0) is 19.1 Å². The van der Waals surface area contributed by atoms with Gasteiger partial charge in [0.15, 0.2) is 0 Å². The van der Waals surface area contributed by atoms with Crippen molar-refractivity contribution >= 4 is 7.60 Å². The molecule has 4 heteroatoms. The van der Waals surface area contributed by atoms with Gasteiger partial charge in [-0.25, -0.2) is 4.57 Å². The lowest BCUT2D eigenvalue weighted by atomic mass is 10.2. The van der Waals surface area contributed by atoms with Crippen LogP contribution in [-0.4, -0.2) is 11.6 Å². The second-order valence-corrected chi connectivity index (χ2v) is 4.50. The molecule has 1 aromatic rings. The van der Waals surface area contributed by atoms with E-state index in [-0.39, 0.29) is 0 Å². The summed E-state index contributed by atoms with van der Waals surface area (Å²) in [5, 5.41) is 0. The molecule has 3 nitrogen and oxygen atoms in total. The van der Waals surface area contributed by atoms with Crippen LogP contribution in [0, 0.1) is 6.92 Å². The molecule has 1 unspecified atom stereocenters. The Morgan fingerprint density at radius 2 is 1.83 bits per heavy atom. The zero-order chi connectivity index (χ0) is 9.19. The van der Waals surface area contributed by atoms with Crippen molar-refractivity contribution in [1.29, 1.82) is 0 Å². The van der Waals surface area contributed by atoms with Gasteiger partial charge in [-0.3, -0.25) is 0 Å². The minimum atomic E-state index is -3.40. The van der Waals surface area contributed by atoms with Crippen LogP contribution in [0.2, 0.25) is 0 Å². The van der Waals surface area contributed by atoms with Crippen LogP contribution in [0.1, 0.15) is 5.56 Å². The molecule has 0 radical (unpaired) electrons. The Morgan fingerprint density at radius 3 is 2.25 bits per heavy atom. The first-order valence-corrected chi connectivity index (χ1v) is 5.56. The van der Waals surface area contributed by atoms with Gasteiger partial charge in [-0.15, -0.1) is 0 Å². The minimum Gasteiger partial charge on any atom is -0.425 e. The molecule has 0 fully saturated rings. The third-order valence-corrected chi connectivity index (χ3v) is 1.85. The van der Waals surface area contributed by atoms with Gasteiger partial charge in [-0.2, -0.15) is 0 Å². The average Bonchev–Trinajstić information content (AvgIpc) is 1.91. The van der Waals surface area contributed by atoms with Gasteiger partial charge >= 0.3 is 7.60 Å². The van der Waals surface area contributed by atoms with Gasteiger partial charge in [0.2, 0.25) is 0 Å². The second kappa shape index (κ2) is 3.30. The van der Waals surface area contributed by atoms with Gasteiger partial charge in [-0.1, -0.05) is 17.7 Å². The highest BCUT2D eigenvalue weighted by molar-refractivity contribution is 7.52. The Hall–Kier alpha value is -0.790. The SMILES string of the molecule is Cc1ccc(OP(C)(=O)O)cc1. The molecule has 0 aromatic heterocycles. The molecule has 0 aliphatic heterocycles. The van der Waals surface area contributed by atoms with Crippen LogP contribution >= 0.6 is 7.60 Å². The molecule has 0 aliphatic rings. The van der Waals surface area contributed by atoms with Crippen molar-refractivity contribution in [3.05, 3.63) is 29.8 Å². The maximum atomic E-state index is 10.8. The summed E-state index contributed by atoms with van der Waals surface area (Å²) in [6.45, 7) is 3.10. The molecule has 0 amide bonds. The first-order chi connectivity index (χ1) is 5.47. The van der Waals surface area contributed by atoms with Crippen LogP contribution in [0.3, 0.4) is 0 Å². The van der Waals surface area contributed by atoms with E-state index in [9.17, 15) is 4.57 Å². The maximum Gasteiger partial charge on any atom is 0.373 e. The van der Waals surface area contributed by atoms with E-state index in [0.29, 0.717) is 5.75 Å². The predicted molar refractivity (Wildman–Crippen MR) is 47.6 cm³/mol. The molecule has 66 valence electrons. The van der Waals surface area contributed by atoms with Crippen molar-refractivity contribution in [3.63, 3.8) is 0 Å². The van der Waals surface area contributed by atoms with Gasteiger partial charge < -0.3 is 9.42 Å². The number of rotatable bonds is 2. The zero-order valence-electron chi connectivity index (χ0n) is 7.02. The Kier molecular flexibility index (Phi) is 2.55. The molecule has 1 aromatic carbocycles. The van der Waals surface area contributed by atoms with Gasteiger partial charge in [0.25, 0.3) is 0 Å². The predicted octanol–water partition coefficient (Wildman–Crippen LogP) is 2.19.